The van der Waals surface area contributed by atoms with Crippen LogP contribution in [0.15, 0.2) is 82.5 Å². The van der Waals surface area contributed by atoms with Gasteiger partial charge >= 0.3 is 5.69 Å². The van der Waals surface area contributed by atoms with E-state index in [0.717, 1.165) is 50.3 Å². The van der Waals surface area contributed by atoms with Gasteiger partial charge < -0.3 is 40.2 Å². The molecule has 1 aliphatic rings. The number of benzene rings is 2. The molecule has 0 amide bonds. The number of ether oxygens (including phenoxy) is 2. The number of aromatic hydroxyl groups is 1. The average molecular weight is 666 g/mol. The molecule has 0 aliphatic heterocycles. The van der Waals surface area contributed by atoms with Crippen LogP contribution in [0.3, 0.4) is 0 Å². The first-order valence-corrected chi connectivity index (χ1v) is 16.1. The van der Waals surface area contributed by atoms with Crippen molar-refractivity contribution in [2.24, 2.45) is 0 Å². The maximum Gasteiger partial charge on any atom is 0.325 e. The molecule has 1 aromatic heterocycles. The van der Waals surface area contributed by atoms with E-state index in [2.05, 4.69) is 15.3 Å². The van der Waals surface area contributed by atoms with Crippen LogP contribution in [-0.4, -0.2) is 75.9 Å². The Morgan fingerprint density at radius 1 is 1.02 bits per heavy atom. The largest absolute Gasteiger partial charge is 0.508 e. The molecule has 0 fully saturated rings. The number of unbranched alkanes of at least 4 members (excludes halogenated alkanes) is 3. The zero-order valence-electron chi connectivity index (χ0n) is 27.3. The van der Waals surface area contributed by atoms with Crippen molar-refractivity contribution in [2.45, 2.75) is 57.2 Å². The number of carboxylic acids is 1. The van der Waals surface area contributed by atoms with Crippen molar-refractivity contribution in [2.75, 3.05) is 39.5 Å². The Labute approximate surface area is 279 Å². The first-order valence-electron chi connectivity index (χ1n) is 16.1. The summed E-state index contributed by atoms with van der Waals surface area (Å²) in [6.45, 7) is 3.72. The molecule has 2 atom stereocenters. The van der Waals surface area contributed by atoms with E-state index in [-0.39, 0.29) is 19.0 Å². The second-order valence-electron chi connectivity index (χ2n) is 11.6. The van der Waals surface area contributed by atoms with Gasteiger partial charge in [0.15, 0.2) is 0 Å². The number of aromatic nitrogens is 2. The van der Waals surface area contributed by atoms with Crippen molar-refractivity contribution in [1.82, 2.24) is 15.3 Å². The molecule has 3 aromatic rings. The molecule has 0 saturated heterocycles. The van der Waals surface area contributed by atoms with Gasteiger partial charge in [-0.05, 0) is 54.6 Å². The fraction of sp³-hybridized carbons (Fsp3) is 0.417. The van der Waals surface area contributed by atoms with Crippen LogP contribution in [-0.2, 0) is 26.3 Å². The smallest absolute Gasteiger partial charge is 0.325 e. The summed E-state index contributed by atoms with van der Waals surface area (Å²) in [5.74, 6) is -0.811. The third-order valence-electron chi connectivity index (χ3n) is 7.84. The van der Waals surface area contributed by atoms with Gasteiger partial charge in [0, 0.05) is 42.8 Å². The second-order valence-corrected chi connectivity index (χ2v) is 11.6. The summed E-state index contributed by atoms with van der Waals surface area (Å²) in [6.07, 6.45) is 11.3. The Balaban J connectivity index is 0.00000148. The predicted octanol–water partition coefficient (Wildman–Crippen LogP) is 3.55. The van der Waals surface area contributed by atoms with E-state index in [0.29, 0.717) is 49.5 Å². The van der Waals surface area contributed by atoms with Crippen molar-refractivity contribution in [3.05, 3.63) is 116 Å². The van der Waals surface area contributed by atoms with Gasteiger partial charge in [-0.1, -0.05) is 67.5 Å². The highest BCUT2D eigenvalue weighted by molar-refractivity contribution is 5.70. The number of aromatic amines is 2. The molecule has 260 valence electrons. The van der Waals surface area contributed by atoms with E-state index in [1.54, 1.807) is 12.1 Å². The summed E-state index contributed by atoms with van der Waals surface area (Å²) in [5, 5.41) is 39.9. The highest BCUT2D eigenvalue weighted by atomic mass is 16.5. The van der Waals surface area contributed by atoms with E-state index in [1.807, 2.05) is 48.6 Å². The Kier molecular flexibility index (Phi) is 16.0. The molecular formula is C36H47N3O9. The molecule has 1 aliphatic carbocycles. The molecular weight excluding hydrogens is 618 g/mol. The standard InChI is InChI=1S/C34H43N3O7.C2H4O2/c38-23-28-19-26(12-13-30(28)39)31(40)22-35-15-6-1-2-7-16-43-17-18-44-24-34(29-21-36-33(42)37-32(29)41)14-8-11-27(20-34)25-9-4-3-5-10-25;1-2(3)4/h3-5,8-14,19,21,31,35,38-40H,1-2,6-7,15-18,20,22-24H2,(H2,36,37,41,42);1H3,(H,3,4)/t31-,34?;/m0./s1. The summed E-state index contributed by atoms with van der Waals surface area (Å²) >= 11 is 0. The van der Waals surface area contributed by atoms with Crippen molar-refractivity contribution in [3.8, 4) is 5.75 Å². The summed E-state index contributed by atoms with van der Waals surface area (Å²) in [4.78, 5) is 38.4. The van der Waals surface area contributed by atoms with Crippen molar-refractivity contribution in [3.63, 3.8) is 0 Å². The van der Waals surface area contributed by atoms with Crippen LogP contribution in [0.25, 0.3) is 5.57 Å². The quantitative estimate of drug-likeness (QED) is 0.0988. The normalized spacial score (nSPS) is 16.1. The first kappa shape index (κ1) is 38.1. The maximum atomic E-state index is 12.8. The summed E-state index contributed by atoms with van der Waals surface area (Å²) in [6, 6.07) is 14.8. The zero-order valence-corrected chi connectivity index (χ0v) is 27.3. The van der Waals surface area contributed by atoms with E-state index in [9.17, 15) is 24.9 Å². The number of hydrogen-bond acceptors (Lipinski definition) is 9. The molecule has 7 N–H and O–H groups in total. The fourth-order valence-corrected chi connectivity index (χ4v) is 5.38. The lowest BCUT2D eigenvalue weighted by Crippen LogP contribution is -2.39. The van der Waals surface area contributed by atoms with Crippen LogP contribution >= 0.6 is 0 Å². The highest BCUT2D eigenvalue weighted by Crippen LogP contribution is 2.38. The summed E-state index contributed by atoms with van der Waals surface area (Å²) < 4.78 is 11.8. The highest BCUT2D eigenvalue weighted by Gasteiger charge is 2.35. The molecule has 0 bridgehead atoms. The Bertz CT molecular complexity index is 1600. The zero-order chi connectivity index (χ0) is 34.8. The number of carboxylic acid groups (broad SMARTS) is 1. The lowest BCUT2D eigenvalue weighted by atomic mass is 9.73. The number of hydrogen-bond donors (Lipinski definition) is 7. The molecule has 1 unspecified atom stereocenters. The minimum atomic E-state index is -0.833. The molecule has 0 radical (unpaired) electrons. The number of aliphatic hydroxyl groups excluding tert-OH is 2. The summed E-state index contributed by atoms with van der Waals surface area (Å²) in [5.41, 5.74) is 1.98. The van der Waals surface area contributed by atoms with Gasteiger partial charge in [-0.25, -0.2) is 4.79 Å². The van der Waals surface area contributed by atoms with Gasteiger partial charge in [0.05, 0.1) is 32.5 Å². The van der Waals surface area contributed by atoms with Gasteiger partial charge in [-0.15, -0.1) is 0 Å². The SMILES string of the molecule is CC(=O)O.O=c1[nH]cc(C2(COCCOCCCCCCNC[C@H](O)c3ccc(O)c(CO)c3)C=CC=C(c3ccccc3)C2)c(=O)[nH]1. The third-order valence-corrected chi connectivity index (χ3v) is 7.84. The number of phenols is 1. The van der Waals surface area contributed by atoms with Crippen LogP contribution < -0.4 is 16.6 Å². The number of allylic oxidation sites excluding steroid dienone is 3. The van der Waals surface area contributed by atoms with Crippen LogP contribution in [0.2, 0.25) is 0 Å². The lowest BCUT2D eigenvalue weighted by Gasteiger charge is -2.33. The third kappa shape index (κ3) is 12.4. The molecule has 48 heavy (non-hydrogen) atoms. The van der Waals surface area contributed by atoms with Crippen LogP contribution in [0.1, 0.15) is 67.4 Å². The van der Waals surface area contributed by atoms with E-state index < -0.39 is 28.7 Å². The number of H-pyrrole nitrogens is 2. The maximum absolute atomic E-state index is 12.8. The van der Waals surface area contributed by atoms with Crippen LogP contribution in [0.5, 0.6) is 5.75 Å². The first-order chi connectivity index (χ1) is 23.1. The van der Waals surface area contributed by atoms with Crippen molar-refractivity contribution in [1.29, 1.82) is 0 Å². The Morgan fingerprint density at radius 2 is 1.75 bits per heavy atom. The van der Waals surface area contributed by atoms with Gasteiger partial charge in [0.1, 0.15) is 5.75 Å². The van der Waals surface area contributed by atoms with Crippen LogP contribution in [0, 0.1) is 0 Å². The molecule has 4 rings (SSSR count). The number of aliphatic carboxylic acids is 1. The number of nitrogens with one attached hydrogen (secondary N) is 3. The average Bonchev–Trinajstić information content (AvgIpc) is 3.07. The lowest BCUT2D eigenvalue weighted by molar-refractivity contribution is -0.134. The molecule has 2 aromatic carbocycles. The Hall–Kier alpha value is -4.33. The minimum absolute atomic E-state index is 0.0221. The van der Waals surface area contributed by atoms with E-state index >= 15 is 0 Å². The van der Waals surface area contributed by atoms with E-state index in [1.165, 1.54) is 12.3 Å². The van der Waals surface area contributed by atoms with E-state index in [4.69, 9.17) is 19.4 Å². The predicted molar refractivity (Wildman–Crippen MR) is 183 cm³/mol. The summed E-state index contributed by atoms with van der Waals surface area (Å²) in [7, 11) is 0. The topological polar surface area (TPSA) is 194 Å². The van der Waals surface area contributed by atoms with Gasteiger partial charge in [0.25, 0.3) is 11.5 Å². The number of aliphatic hydroxyl groups is 2. The molecule has 1 heterocycles. The fourth-order valence-electron chi connectivity index (χ4n) is 5.38. The van der Waals surface area contributed by atoms with Crippen LogP contribution in [0.4, 0.5) is 0 Å². The van der Waals surface area contributed by atoms with Gasteiger partial charge in [-0.3, -0.25) is 14.6 Å². The molecule has 12 heteroatoms. The monoisotopic (exact) mass is 665 g/mol. The second kappa shape index (κ2) is 20.1. The molecule has 12 nitrogen and oxygen atoms in total. The molecule has 0 spiro atoms. The van der Waals surface area contributed by atoms with Gasteiger partial charge in [0.2, 0.25) is 0 Å². The molecule has 0 saturated carbocycles. The Morgan fingerprint density at radius 3 is 2.48 bits per heavy atom. The minimum Gasteiger partial charge on any atom is -0.508 e. The number of carbonyl (C=O) groups is 1. The van der Waals surface area contributed by atoms with Crippen molar-refractivity contribution < 1.29 is 34.7 Å². The van der Waals surface area contributed by atoms with Gasteiger partial charge in [-0.2, -0.15) is 0 Å². The number of rotatable bonds is 18. The van der Waals surface area contributed by atoms with Crippen molar-refractivity contribution >= 4 is 11.5 Å².